The second-order valence-corrected chi connectivity index (χ2v) is 4.76. The molecule has 0 unspecified atom stereocenters. The highest BCUT2D eigenvalue weighted by molar-refractivity contribution is 6.35. The molecule has 1 heterocycles. The quantitative estimate of drug-likeness (QED) is 0.504. The Balaban J connectivity index is 1.78. The molecule has 118 valence electrons. The topological polar surface area (TPSA) is 83.7 Å². The molecular formula is C17H17N3O3. The first-order chi connectivity index (χ1) is 11.1. The minimum atomic E-state index is -0.833. The fraction of sp³-hybridized carbons (Fsp3) is 0.118. The molecule has 0 spiro atoms. The Bertz CT molecular complexity index is 704. The van der Waals surface area contributed by atoms with Crippen LogP contribution in [0.25, 0.3) is 6.08 Å². The second kappa shape index (κ2) is 8.33. The van der Waals surface area contributed by atoms with E-state index in [0.29, 0.717) is 5.76 Å². The number of hydrazone groups is 1. The third kappa shape index (κ3) is 5.62. The van der Waals surface area contributed by atoms with E-state index in [1.54, 1.807) is 12.1 Å². The summed E-state index contributed by atoms with van der Waals surface area (Å²) in [4.78, 5) is 23.1. The zero-order valence-corrected chi connectivity index (χ0v) is 12.7. The number of nitrogens with zero attached hydrogens (tertiary/aromatic N) is 1. The number of carbonyl (C=O) groups excluding carboxylic acids is 2. The van der Waals surface area contributed by atoms with Crippen molar-refractivity contribution in [2.45, 2.75) is 13.5 Å². The number of rotatable bonds is 5. The van der Waals surface area contributed by atoms with E-state index in [1.165, 1.54) is 12.5 Å². The van der Waals surface area contributed by atoms with Crippen LogP contribution in [0.4, 0.5) is 0 Å². The van der Waals surface area contributed by atoms with Crippen LogP contribution < -0.4 is 10.7 Å². The molecule has 0 bridgehead atoms. The van der Waals surface area contributed by atoms with Gasteiger partial charge < -0.3 is 9.73 Å². The first-order valence-corrected chi connectivity index (χ1v) is 7.02. The molecule has 0 radical (unpaired) electrons. The van der Waals surface area contributed by atoms with E-state index in [-0.39, 0.29) is 6.54 Å². The predicted octanol–water partition coefficient (Wildman–Crippen LogP) is 2.10. The van der Waals surface area contributed by atoms with Crippen LogP contribution in [-0.4, -0.2) is 18.0 Å². The van der Waals surface area contributed by atoms with Crippen molar-refractivity contribution < 1.29 is 14.0 Å². The number of carbonyl (C=O) groups is 2. The van der Waals surface area contributed by atoms with Crippen LogP contribution in [-0.2, 0) is 16.1 Å². The van der Waals surface area contributed by atoms with E-state index < -0.39 is 11.8 Å². The van der Waals surface area contributed by atoms with Gasteiger partial charge >= 0.3 is 11.8 Å². The Labute approximate surface area is 133 Å². The second-order valence-electron chi connectivity index (χ2n) is 4.76. The molecule has 1 aromatic carbocycles. The maximum Gasteiger partial charge on any atom is 0.329 e. The molecule has 0 fully saturated rings. The monoisotopic (exact) mass is 311 g/mol. The summed E-state index contributed by atoms with van der Waals surface area (Å²) in [5, 5.41) is 6.19. The van der Waals surface area contributed by atoms with Gasteiger partial charge in [-0.05, 0) is 30.2 Å². The zero-order chi connectivity index (χ0) is 16.5. The van der Waals surface area contributed by atoms with Gasteiger partial charge in [-0.25, -0.2) is 5.43 Å². The fourth-order valence-electron chi connectivity index (χ4n) is 1.75. The van der Waals surface area contributed by atoms with Crippen molar-refractivity contribution in [3.05, 3.63) is 65.6 Å². The lowest BCUT2D eigenvalue weighted by Crippen LogP contribution is -2.37. The van der Waals surface area contributed by atoms with Crippen LogP contribution in [0.1, 0.15) is 18.2 Å². The van der Waals surface area contributed by atoms with E-state index in [4.69, 9.17) is 4.42 Å². The van der Waals surface area contributed by atoms with Crippen LogP contribution in [0.3, 0.4) is 0 Å². The smallest absolute Gasteiger partial charge is 0.329 e. The molecule has 2 amide bonds. The number of allylic oxidation sites excluding steroid dienone is 1. The van der Waals surface area contributed by atoms with Crippen LogP contribution in [0, 0.1) is 0 Å². The van der Waals surface area contributed by atoms with E-state index in [1.807, 2.05) is 43.3 Å². The van der Waals surface area contributed by atoms with Gasteiger partial charge in [0.1, 0.15) is 5.76 Å². The van der Waals surface area contributed by atoms with Gasteiger partial charge in [0.15, 0.2) is 0 Å². The summed E-state index contributed by atoms with van der Waals surface area (Å²) in [7, 11) is 0. The van der Waals surface area contributed by atoms with Gasteiger partial charge in [-0.3, -0.25) is 9.59 Å². The van der Waals surface area contributed by atoms with E-state index >= 15 is 0 Å². The van der Waals surface area contributed by atoms with Gasteiger partial charge in [0, 0.05) is 0 Å². The molecule has 0 aliphatic carbocycles. The van der Waals surface area contributed by atoms with Gasteiger partial charge in [0.05, 0.1) is 19.0 Å². The highest BCUT2D eigenvalue weighted by Gasteiger charge is 2.12. The standard InChI is InChI=1S/C17H17N3O3/c1-13(10-14-6-3-2-4-7-14)11-19-20-17(22)16(21)18-12-15-8-5-9-23-15/h2-11H,12H2,1H3,(H,18,21)(H,20,22)/b13-10+,19-11-. The number of nitrogens with one attached hydrogen (secondary N) is 2. The predicted molar refractivity (Wildman–Crippen MR) is 87.3 cm³/mol. The highest BCUT2D eigenvalue weighted by Crippen LogP contribution is 2.04. The summed E-state index contributed by atoms with van der Waals surface area (Å²) >= 11 is 0. The summed E-state index contributed by atoms with van der Waals surface area (Å²) < 4.78 is 5.05. The van der Waals surface area contributed by atoms with E-state index in [2.05, 4.69) is 15.8 Å². The lowest BCUT2D eigenvalue weighted by molar-refractivity contribution is -0.139. The zero-order valence-electron chi connectivity index (χ0n) is 12.7. The minimum absolute atomic E-state index is 0.149. The average molecular weight is 311 g/mol. The molecule has 2 rings (SSSR count). The van der Waals surface area contributed by atoms with E-state index in [9.17, 15) is 9.59 Å². The molecule has 2 N–H and O–H groups in total. The SMILES string of the molecule is CC(/C=N\NC(=O)C(=O)NCc1ccco1)=C\c1ccccc1. The molecule has 23 heavy (non-hydrogen) atoms. The summed E-state index contributed by atoms with van der Waals surface area (Å²) in [6, 6.07) is 13.1. The number of furan rings is 1. The Morgan fingerprint density at radius 3 is 2.61 bits per heavy atom. The lowest BCUT2D eigenvalue weighted by Gasteiger charge is -2.01. The van der Waals surface area contributed by atoms with Crippen molar-refractivity contribution in [3.8, 4) is 0 Å². The first-order valence-electron chi connectivity index (χ1n) is 7.02. The average Bonchev–Trinajstić information content (AvgIpc) is 3.06. The van der Waals surface area contributed by atoms with Crippen molar-refractivity contribution in [2.24, 2.45) is 5.10 Å². The van der Waals surface area contributed by atoms with E-state index in [0.717, 1.165) is 11.1 Å². The van der Waals surface area contributed by atoms with Crippen molar-refractivity contribution in [3.63, 3.8) is 0 Å². The normalized spacial score (nSPS) is 11.4. The Hall–Kier alpha value is -3.15. The molecular weight excluding hydrogens is 294 g/mol. The van der Waals surface area contributed by atoms with Crippen LogP contribution in [0.5, 0.6) is 0 Å². The fourth-order valence-corrected chi connectivity index (χ4v) is 1.75. The van der Waals surface area contributed by atoms with Crippen LogP contribution in [0.15, 0.2) is 63.8 Å². The number of benzene rings is 1. The maximum atomic E-state index is 11.6. The van der Waals surface area contributed by atoms with Crippen molar-refractivity contribution in [1.82, 2.24) is 10.7 Å². The molecule has 0 aliphatic heterocycles. The summed E-state index contributed by atoms with van der Waals surface area (Å²) in [5.41, 5.74) is 4.04. The number of amides is 2. The molecule has 1 aromatic heterocycles. The minimum Gasteiger partial charge on any atom is -0.467 e. The van der Waals surface area contributed by atoms with Crippen LogP contribution in [0.2, 0.25) is 0 Å². The third-order valence-electron chi connectivity index (χ3n) is 2.84. The van der Waals surface area contributed by atoms with Gasteiger partial charge in [0.25, 0.3) is 0 Å². The lowest BCUT2D eigenvalue weighted by atomic mass is 10.1. The number of hydrogen-bond acceptors (Lipinski definition) is 4. The highest BCUT2D eigenvalue weighted by atomic mass is 16.3. The molecule has 0 saturated carbocycles. The maximum absolute atomic E-state index is 11.6. The summed E-state index contributed by atoms with van der Waals surface area (Å²) in [6.07, 6.45) is 4.88. The van der Waals surface area contributed by atoms with Crippen molar-refractivity contribution >= 4 is 24.1 Å². The third-order valence-corrected chi connectivity index (χ3v) is 2.84. The van der Waals surface area contributed by atoms with Crippen molar-refractivity contribution in [2.75, 3.05) is 0 Å². The summed E-state index contributed by atoms with van der Waals surface area (Å²) in [6.45, 7) is 2.00. The van der Waals surface area contributed by atoms with Gasteiger partial charge in [-0.15, -0.1) is 0 Å². The summed E-state index contributed by atoms with van der Waals surface area (Å²) in [5.74, 6) is -1.04. The molecule has 6 heteroatoms. The first kappa shape index (κ1) is 16.2. The largest absolute Gasteiger partial charge is 0.467 e. The van der Waals surface area contributed by atoms with Gasteiger partial charge in [-0.1, -0.05) is 36.4 Å². The Morgan fingerprint density at radius 2 is 1.91 bits per heavy atom. The molecule has 0 aliphatic rings. The van der Waals surface area contributed by atoms with Crippen LogP contribution >= 0.6 is 0 Å². The molecule has 2 aromatic rings. The van der Waals surface area contributed by atoms with Gasteiger partial charge in [-0.2, -0.15) is 5.10 Å². The molecule has 0 saturated heterocycles. The Kier molecular flexibility index (Phi) is 5.88. The number of hydrogen-bond donors (Lipinski definition) is 2. The Morgan fingerprint density at radius 1 is 1.13 bits per heavy atom. The van der Waals surface area contributed by atoms with Crippen molar-refractivity contribution in [1.29, 1.82) is 0 Å². The van der Waals surface area contributed by atoms with Gasteiger partial charge in [0.2, 0.25) is 0 Å². The molecule has 0 atom stereocenters. The molecule has 6 nitrogen and oxygen atoms in total.